The van der Waals surface area contributed by atoms with E-state index in [2.05, 4.69) is 20.4 Å². The first-order valence-electron chi connectivity index (χ1n) is 9.31. The van der Waals surface area contributed by atoms with Gasteiger partial charge in [-0.2, -0.15) is 5.10 Å². The molecule has 4 rings (SSSR count). The highest BCUT2D eigenvalue weighted by Gasteiger charge is 2.51. The Bertz CT molecular complexity index is 878. The molecule has 0 radical (unpaired) electrons. The van der Waals surface area contributed by atoms with Gasteiger partial charge in [0.2, 0.25) is 11.8 Å². The number of nitrogens with one attached hydrogen (secondary N) is 1. The number of anilines is 1. The summed E-state index contributed by atoms with van der Waals surface area (Å²) in [5, 5.41) is 11.8. The fraction of sp³-hybridized carbons (Fsp3) is 0.400. The second-order valence-corrected chi connectivity index (χ2v) is 7.99. The maximum absolute atomic E-state index is 13.4. The number of amides is 2. The number of hydrogen-bond donors (Lipinski definition) is 1. The van der Waals surface area contributed by atoms with Crippen molar-refractivity contribution in [2.45, 2.75) is 13.3 Å². The molecule has 146 valence electrons. The molecule has 28 heavy (non-hydrogen) atoms. The van der Waals surface area contributed by atoms with Crippen LogP contribution >= 0.6 is 11.6 Å². The zero-order chi connectivity index (χ0) is 19.7. The number of carbonyl (C=O) groups excluding carboxylic acids is 2. The Labute approximate surface area is 168 Å². The first-order valence-corrected chi connectivity index (χ1v) is 9.69. The zero-order valence-electron chi connectivity index (χ0n) is 15.7. The van der Waals surface area contributed by atoms with Gasteiger partial charge in [-0.3, -0.25) is 9.59 Å². The largest absolute Gasteiger partial charge is 0.353 e. The summed E-state index contributed by atoms with van der Waals surface area (Å²) in [4.78, 5) is 28.9. The van der Waals surface area contributed by atoms with Crippen molar-refractivity contribution in [3.05, 3.63) is 52.7 Å². The number of rotatable bonds is 4. The lowest BCUT2D eigenvalue weighted by molar-refractivity contribution is -0.148. The normalized spacial score (nSPS) is 18.4. The van der Waals surface area contributed by atoms with E-state index in [1.54, 1.807) is 4.90 Å². The summed E-state index contributed by atoms with van der Waals surface area (Å²) in [5.41, 5.74) is 1.32. The van der Waals surface area contributed by atoms with Crippen molar-refractivity contribution in [2.24, 2.45) is 5.41 Å². The molecule has 0 unspecified atom stereocenters. The van der Waals surface area contributed by atoms with E-state index in [4.69, 9.17) is 11.6 Å². The molecular formula is C20H22ClN5O2. The van der Waals surface area contributed by atoms with Crippen molar-refractivity contribution < 1.29 is 9.59 Å². The minimum atomic E-state index is -0.585. The Morgan fingerprint density at radius 1 is 1.18 bits per heavy atom. The minimum Gasteiger partial charge on any atom is -0.353 e. The molecule has 2 saturated heterocycles. The van der Waals surface area contributed by atoms with Crippen molar-refractivity contribution in [3.8, 4) is 0 Å². The second-order valence-electron chi connectivity index (χ2n) is 7.55. The van der Waals surface area contributed by atoms with Crippen molar-refractivity contribution in [2.75, 3.05) is 37.6 Å². The predicted octanol–water partition coefficient (Wildman–Crippen LogP) is 1.45. The van der Waals surface area contributed by atoms with Gasteiger partial charge in [-0.25, -0.2) is 0 Å². The molecule has 2 amide bonds. The molecule has 2 aliphatic rings. The van der Waals surface area contributed by atoms with Gasteiger partial charge in [-0.1, -0.05) is 23.7 Å². The van der Waals surface area contributed by atoms with Gasteiger partial charge in [0, 0.05) is 31.2 Å². The molecule has 0 saturated carbocycles. The highest BCUT2D eigenvalue weighted by molar-refractivity contribution is 6.30. The van der Waals surface area contributed by atoms with Crippen molar-refractivity contribution in [1.29, 1.82) is 0 Å². The van der Waals surface area contributed by atoms with Gasteiger partial charge >= 0.3 is 0 Å². The highest BCUT2D eigenvalue weighted by Crippen LogP contribution is 2.38. The van der Waals surface area contributed by atoms with Crippen molar-refractivity contribution >= 4 is 29.2 Å². The van der Waals surface area contributed by atoms with Gasteiger partial charge in [0.25, 0.3) is 0 Å². The molecule has 0 atom stereocenters. The van der Waals surface area contributed by atoms with Gasteiger partial charge in [0.1, 0.15) is 0 Å². The predicted molar refractivity (Wildman–Crippen MR) is 106 cm³/mol. The molecule has 7 nitrogen and oxygen atoms in total. The van der Waals surface area contributed by atoms with E-state index in [1.807, 2.05) is 43.3 Å². The molecule has 1 N–H and O–H groups in total. The van der Waals surface area contributed by atoms with E-state index >= 15 is 0 Å². The summed E-state index contributed by atoms with van der Waals surface area (Å²) in [5.74, 6) is 0.678. The van der Waals surface area contributed by atoms with Gasteiger partial charge in [0.15, 0.2) is 5.82 Å². The van der Waals surface area contributed by atoms with Crippen LogP contribution in [0.5, 0.6) is 0 Å². The number of carbonyl (C=O) groups is 2. The molecule has 0 bridgehead atoms. The van der Waals surface area contributed by atoms with Crippen LogP contribution in [0.3, 0.4) is 0 Å². The van der Waals surface area contributed by atoms with Crippen LogP contribution in [-0.2, 0) is 16.0 Å². The first-order chi connectivity index (χ1) is 13.4. The maximum Gasteiger partial charge on any atom is 0.239 e. The minimum absolute atomic E-state index is 0.0219. The van der Waals surface area contributed by atoms with Crippen LogP contribution in [0.15, 0.2) is 36.4 Å². The Balaban J connectivity index is 1.56. The van der Waals surface area contributed by atoms with E-state index in [0.29, 0.717) is 37.6 Å². The highest BCUT2D eigenvalue weighted by atomic mass is 35.5. The topological polar surface area (TPSA) is 78.4 Å². The monoisotopic (exact) mass is 399 g/mol. The van der Waals surface area contributed by atoms with Crippen LogP contribution in [0.1, 0.15) is 11.3 Å². The fourth-order valence-electron chi connectivity index (χ4n) is 3.87. The smallest absolute Gasteiger partial charge is 0.239 e. The van der Waals surface area contributed by atoms with E-state index < -0.39 is 5.41 Å². The molecule has 2 fully saturated rings. The van der Waals surface area contributed by atoms with Crippen LogP contribution in [-0.4, -0.2) is 59.6 Å². The summed E-state index contributed by atoms with van der Waals surface area (Å²) in [6.07, 6.45) is 0.594. The SMILES string of the molecule is Cc1ccc(N2CC(Cc3ccc(Cl)cc3)(C(=O)N3CCNC(=O)C3)C2)nn1. The van der Waals surface area contributed by atoms with Gasteiger partial charge in [0.05, 0.1) is 17.7 Å². The fourth-order valence-corrected chi connectivity index (χ4v) is 4.00. The van der Waals surface area contributed by atoms with E-state index in [0.717, 1.165) is 17.1 Å². The third-order valence-corrected chi connectivity index (χ3v) is 5.58. The van der Waals surface area contributed by atoms with Gasteiger partial charge in [-0.05, 0) is 43.2 Å². The number of benzene rings is 1. The third kappa shape index (κ3) is 3.67. The quantitative estimate of drug-likeness (QED) is 0.841. The lowest BCUT2D eigenvalue weighted by Gasteiger charge is -2.51. The van der Waals surface area contributed by atoms with E-state index in [9.17, 15) is 9.59 Å². The molecule has 2 aliphatic heterocycles. The van der Waals surface area contributed by atoms with E-state index in [-0.39, 0.29) is 18.4 Å². The Morgan fingerprint density at radius 2 is 1.93 bits per heavy atom. The summed E-state index contributed by atoms with van der Waals surface area (Å²) in [7, 11) is 0. The van der Waals surface area contributed by atoms with Crippen LogP contribution in [0, 0.1) is 12.3 Å². The van der Waals surface area contributed by atoms with Crippen LogP contribution < -0.4 is 10.2 Å². The summed E-state index contributed by atoms with van der Waals surface area (Å²) in [6.45, 7) is 4.13. The van der Waals surface area contributed by atoms with Crippen molar-refractivity contribution in [3.63, 3.8) is 0 Å². The summed E-state index contributed by atoms with van der Waals surface area (Å²) in [6, 6.07) is 11.4. The molecule has 3 heterocycles. The Hall–Kier alpha value is -2.67. The Morgan fingerprint density at radius 3 is 2.57 bits per heavy atom. The lowest BCUT2D eigenvalue weighted by Crippen LogP contribution is -2.67. The molecular weight excluding hydrogens is 378 g/mol. The van der Waals surface area contributed by atoms with Crippen LogP contribution in [0.2, 0.25) is 5.02 Å². The maximum atomic E-state index is 13.4. The number of halogens is 1. The van der Waals surface area contributed by atoms with Gasteiger partial charge in [-0.15, -0.1) is 5.10 Å². The molecule has 2 aromatic rings. The van der Waals surface area contributed by atoms with Crippen LogP contribution in [0.25, 0.3) is 0 Å². The Kier molecular flexibility index (Phi) is 4.93. The standard InChI is InChI=1S/C20H22ClN5O2/c1-14-2-7-17(24-23-14)26-12-20(13-26,10-15-3-5-16(21)6-4-15)19(28)25-9-8-22-18(27)11-25/h2-7H,8-13H2,1H3,(H,22,27). The average Bonchev–Trinajstić information content (AvgIpc) is 2.66. The summed E-state index contributed by atoms with van der Waals surface area (Å²) < 4.78 is 0. The lowest BCUT2D eigenvalue weighted by atomic mass is 9.73. The zero-order valence-corrected chi connectivity index (χ0v) is 16.4. The van der Waals surface area contributed by atoms with Crippen LogP contribution in [0.4, 0.5) is 5.82 Å². The molecule has 0 aliphatic carbocycles. The number of aryl methyl sites for hydroxylation is 1. The third-order valence-electron chi connectivity index (χ3n) is 5.33. The summed E-state index contributed by atoms with van der Waals surface area (Å²) >= 11 is 6.00. The van der Waals surface area contributed by atoms with E-state index in [1.165, 1.54) is 0 Å². The molecule has 1 aromatic carbocycles. The molecule has 8 heteroatoms. The van der Waals surface area contributed by atoms with Crippen molar-refractivity contribution in [1.82, 2.24) is 20.4 Å². The first kappa shape index (κ1) is 18.7. The number of aromatic nitrogens is 2. The molecule has 0 spiro atoms. The van der Waals surface area contributed by atoms with Gasteiger partial charge < -0.3 is 15.1 Å². The second kappa shape index (κ2) is 7.39. The number of piperazine rings is 1. The number of hydrogen-bond acceptors (Lipinski definition) is 5. The number of nitrogens with zero attached hydrogens (tertiary/aromatic N) is 4. The average molecular weight is 400 g/mol. The molecule has 1 aromatic heterocycles.